The first-order valence-electron chi connectivity index (χ1n) is 9.17. The minimum absolute atomic E-state index is 0.127. The van der Waals surface area contributed by atoms with E-state index in [-0.39, 0.29) is 25.9 Å². The van der Waals surface area contributed by atoms with E-state index in [1.165, 1.54) is 41.6 Å². The van der Waals surface area contributed by atoms with Crippen LogP contribution in [0.5, 0.6) is 23.0 Å². The molecule has 3 aromatic rings. The second-order valence-electron chi connectivity index (χ2n) is 6.22. The van der Waals surface area contributed by atoms with E-state index >= 15 is 0 Å². The summed E-state index contributed by atoms with van der Waals surface area (Å²) in [4.78, 5) is 22.6. The average molecular weight is 506 g/mol. The Morgan fingerprint density at radius 1 is 0.969 bits per heavy atom. The van der Waals surface area contributed by atoms with Gasteiger partial charge < -0.3 is 0 Å². The van der Waals surface area contributed by atoms with Gasteiger partial charge in [-0.2, -0.15) is 0 Å². The summed E-state index contributed by atoms with van der Waals surface area (Å²) >= 11 is -0.193. The van der Waals surface area contributed by atoms with Crippen LogP contribution in [0.2, 0.25) is 0 Å². The molecule has 1 heterocycles. The molecule has 11 heteroatoms. The van der Waals surface area contributed by atoms with Crippen molar-refractivity contribution in [3.05, 3.63) is 55.5 Å². The number of hydrogen-bond acceptors (Lipinski definition) is 9. The number of nitrogens with zero attached hydrogens (tertiary/aromatic N) is 3. The number of ether oxygens (including phenoxy) is 4. The fraction of sp³-hybridized carbons (Fsp3) is 0.238. The van der Waals surface area contributed by atoms with Crippen molar-refractivity contribution in [3.63, 3.8) is 0 Å². The Kier molecular flexibility index (Phi) is 7.34. The first kappa shape index (κ1) is 23.1. The molecule has 2 aromatic carbocycles. The van der Waals surface area contributed by atoms with Crippen LogP contribution >= 0.6 is 0 Å². The maximum atomic E-state index is 11.4. The van der Waals surface area contributed by atoms with E-state index in [0.29, 0.717) is 44.3 Å². The molecule has 0 bridgehead atoms. The molecule has 32 heavy (non-hydrogen) atoms. The molecule has 0 aliphatic rings. The molecule has 0 amide bonds. The SMILES string of the molecule is CON=C(c1cc(OC)c(OC)c(OC)c1)c1nc(-c2ccc(OC)c([N+](=O)[O-])c2)c[se]1. The predicted octanol–water partition coefficient (Wildman–Crippen LogP) is 3.15. The number of aromatic nitrogens is 1. The molecule has 1 aromatic heterocycles. The van der Waals surface area contributed by atoms with Crippen molar-refractivity contribution >= 4 is 25.9 Å². The van der Waals surface area contributed by atoms with Gasteiger partial charge in [-0.3, -0.25) is 0 Å². The van der Waals surface area contributed by atoms with Crippen molar-refractivity contribution < 1.29 is 28.7 Å². The molecule has 0 radical (unpaired) electrons. The Hall–Kier alpha value is -3.56. The zero-order valence-electron chi connectivity index (χ0n) is 18.1. The number of rotatable bonds is 9. The summed E-state index contributed by atoms with van der Waals surface area (Å²) in [5.74, 6) is 1.58. The summed E-state index contributed by atoms with van der Waals surface area (Å²) in [6, 6.07) is 8.24. The zero-order chi connectivity index (χ0) is 23.3. The van der Waals surface area contributed by atoms with E-state index in [0.717, 1.165) is 0 Å². The molecule has 3 rings (SSSR count). The third-order valence-corrected chi connectivity index (χ3v) is 6.28. The Balaban J connectivity index is 2.07. The standard InChI is InChI=1S/C21H21N3O7Se/c1-27-16-7-6-12(8-15(16)24(25)26)14-11-32-21(22-14)19(23-31-5)13-9-17(28-2)20(30-4)18(10-13)29-3/h6-11H,1-5H3. The van der Waals surface area contributed by atoms with Crippen LogP contribution in [0.1, 0.15) is 10.1 Å². The van der Waals surface area contributed by atoms with Gasteiger partial charge in [0.25, 0.3) is 0 Å². The summed E-state index contributed by atoms with van der Waals surface area (Å²) < 4.78 is 22.0. The summed E-state index contributed by atoms with van der Waals surface area (Å²) in [5, 5.41) is 15.5. The van der Waals surface area contributed by atoms with Crippen LogP contribution < -0.4 is 18.9 Å². The molecule has 0 aliphatic heterocycles. The molecule has 0 fully saturated rings. The molecule has 0 atom stereocenters. The number of hydrogen-bond donors (Lipinski definition) is 0. The third-order valence-electron chi connectivity index (χ3n) is 4.50. The van der Waals surface area contributed by atoms with Crippen LogP contribution in [-0.4, -0.2) is 65.7 Å². The number of oxime groups is 1. The molecular formula is C21H21N3O7Se. The number of methoxy groups -OCH3 is 4. The quantitative estimate of drug-likeness (QED) is 0.188. The summed E-state index contributed by atoms with van der Waals surface area (Å²) in [5.41, 5.74) is 2.26. The minimum atomic E-state index is -0.485. The Bertz CT molecular complexity index is 1140. The maximum absolute atomic E-state index is 11.4. The van der Waals surface area contributed by atoms with Crippen molar-refractivity contribution in [2.45, 2.75) is 0 Å². The van der Waals surface area contributed by atoms with Gasteiger partial charge in [-0.15, -0.1) is 0 Å². The normalized spacial score (nSPS) is 11.1. The molecule has 0 spiro atoms. The Morgan fingerprint density at radius 2 is 1.62 bits per heavy atom. The third kappa shape index (κ3) is 4.53. The van der Waals surface area contributed by atoms with Gasteiger partial charge in [0.15, 0.2) is 0 Å². The fourth-order valence-corrected chi connectivity index (χ4v) is 4.77. The Labute approximate surface area is 190 Å². The first-order chi connectivity index (χ1) is 15.5. The van der Waals surface area contributed by atoms with Gasteiger partial charge in [0.05, 0.1) is 0 Å². The molecule has 0 aliphatic carbocycles. The molecule has 0 saturated carbocycles. The molecule has 0 saturated heterocycles. The van der Waals surface area contributed by atoms with Crippen LogP contribution in [0.3, 0.4) is 0 Å². The number of benzene rings is 2. The number of nitro benzene ring substituents is 1. The number of nitro groups is 1. The van der Waals surface area contributed by atoms with Crippen LogP contribution in [0.25, 0.3) is 11.3 Å². The van der Waals surface area contributed by atoms with Gasteiger partial charge in [-0.1, -0.05) is 0 Å². The van der Waals surface area contributed by atoms with E-state index in [1.807, 2.05) is 4.94 Å². The second kappa shape index (κ2) is 10.2. The van der Waals surface area contributed by atoms with E-state index in [4.69, 9.17) is 23.8 Å². The topological polar surface area (TPSA) is 115 Å². The van der Waals surface area contributed by atoms with Crippen LogP contribution in [0, 0.1) is 10.1 Å². The zero-order valence-corrected chi connectivity index (χ0v) is 19.8. The first-order valence-corrected chi connectivity index (χ1v) is 11.0. The predicted molar refractivity (Wildman–Crippen MR) is 119 cm³/mol. The average Bonchev–Trinajstić information content (AvgIpc) is 3.30. The summed E-state index contributed by atoms with van der Waals surface area (Å²) in [7, 11) is 7.42. The van der Waals surface area contributed by atoms with Crippen molar-refractivity contribution in [2.75, 3.05) is 35.5 Å². The fourth-order valence-electron chi connectivity index (χ4n) is 3.03. The van der Waals surface area contributed by atoms with Gasteiger partial charge in [0.1, 0.15) is 0 Å². The molecule has 168 valence electrons. The summed E-state index contributed by atoms with van der Waals surface area (Å²) in [6.45, 7) is 0. The van der Waals surface area contributed by atoms with Gasteiger partial charge in [-0.25, -0.2) is 0 Å². The van der Waals surface area contributed by atoms with E-state index in [1.54, 1.807) is 24.3 Å². The van der Waals surface area contributed by atoms with Gasteiger partial charge in [0, 0.05) is 0 Å². The van der Waals surface area contributed by atoms with E-state index < -0.39 is 4.92 Å². The monoisotopic (exact) mass is 507 g/mol. The van der Waals surface area contributed by atoms with Gasteiger partial charge >= 0.3 is 190 Å². The van der Waals surface area contributed by atoms with Crippen molar-refractivity contribution in [1.82, 2.24) is 4.98 Å². The van der Waals surface area contributed by atoms with Crippen LogP contribution in [-0.2, 0) is 4.84 Å². The van der Waals surface area contributed by atoms with Crippen LogP contribution in [0.15, 0.2) is 40.4 Å². The van der Waals surface area contributed by atoms with E-state index in [2.05, 4.69) is 10.1 Å². The van der Waals surface area contributed by atoms with Gasteiger partial charge in [0.2, 0.25) is 0 Å². The van der Waals surface area contributed by atoms with Crippen molar-refractivity contribution in [2.24, 2.45) is 5.16 Å². The van der Waals surface area contributed by atoms with Crippen molar-refractivity contribution in [3.8, 4) is 34.3 Å². The molecule has 10 nitrogen and oxygen atoms in total. The molecule has 0 unspecified atom stereocenters. The Morgan fingerprint density at radius 3 is 2.16 bits per heavy atom. The molecular weight excluding hydrogens is 485 g/mol. The molecule has 0 N–H and O–H groups in total. The van der Waals surface area contributed by atoms with Crippen molar-refractivity contribution in [1.29, 1.82) is 0 Å². The van der Waals surface area contributed by atoms with Crippen LogP contribution in [0.4, 0.5) is 5.69 Å². The van der Waals surface area contributed by atoms with E-state index in [9.17, 15) is 10.1 Å². The van der Waals surface area contributed by atoms with Gasteiger partial charge in [-0.05, 0) is 0 Å². The summed E-state index contributed by atoms with van der Waals surface area (Å²) in [6.07, 6.45) is 0. The second-order valence-corrected chi connectivity index (χ2v) is 8.02.